The van der Waals surface area contributed by atoms with E-state index in [-0.39, 0.29) is 0 Å². The molecule has 0 amide bonds. The molecule has 1 heterocycles. The maximum absolute atomic E-state index is 11.0. The normalized spacial score (nSPS) is 12.4. The zero-order valence-electron chi connectivity index (χ0n) is 11.0. The standard InChI is InChI=1S/C16H14N2O2/c1-10(16(19)20)12-7-8-13-14(9-12)18-15(17-13)11-5-3-2-4-6-11/h2-10H,1H3,(H,17,18)(H,19,20). The quantitative estimate of drug-likeness (QED) is 0.763. The van der Waals surface area contributed by atoms with Crippen molar-refractivity contribution in [3.63, 3.8) is 0 Å². The monoisotopic (exact) mass is 266 g/mol. The van der Waals surface area contributed by atoms with Gasteiger partial charge in [-0.3, -0.25) is 4.79 Å². The summed E-state index contributed by atoms with van der Waals surface area (Å²) in [5.74, 6) is -0.559. The number of aromatic nitrogens is 2. The number of aliphatic carboxylic acids is 1. The lowest BCUT2D eigenvalue weighted by Gasteiger charge is -2.05. The average molecular weight is 266 g/mol. The highest BCUT2D eigenvalue weighted by Crippen LogP contribution is 2.24. The number of nitrogens with zero attached hydrogens (tertiary/aromatic N) is 1. The Morgan fingerprint density at radius 3 is 2.65 bits per heavy atom. The van der Waals surface area contributed by atoms with E-state index in [2.05, 4.69) is 9.97 Å². The fraction of sp³-hybridized carbons (Fsp3) is 0.125. The average Bonchev–Trinajstić information content (AvgIpc) is 2.90. The summed E-state index contributed by atoms with van der Waals surface area (Å²) in [6, 6.07) is 15.4. The Morgan fingerprint density at radius 1 is 1.20 bits per heavy atom. The first-order chi connectivity index (χ1) is 9.65. The van der Waals surface area contributed by atoms with Gasteiger partial charge in [0.25, 0.3) is 0 Å². The van der Waals surface area contributed by atoms with Gasteiger partial charge in [0.05, 0.1) is 17.0 Å². The van der Waals surface area contributed by atoms with E-state index in [9.17, 15) is 4.79 Å². The number of rotatable bonds is 3. The summed E-state index contributed by atoms with van der Waals surface area (Å²) in [5, 5.41) is 9.06. The highest BCUT2D eigenvalue weighted by Gasteiger charge is 2.15. The van der Waals surface area contributed by atoms with Crippen LogP contribution in [0, 0.1) is 0 Å². The van der Waals surface area contributed by atoms with Gasteiger partial charge in [0.1, 0.15) is 5.82 Å². The number of aromatic amines is 1. The number of hydrogen-bond acceptors (Lipinski definition) is 2. The van der Waals surface area contributed by atoms with Gasteiger partial charge in [-0.1, -0.05) is 36.4 Å². The lowest BCUT2D eigenvalue weighted by Crippen LogP contribution is -2.06. The Morgan fingerprint density at radius 2 is 1.95 bits per heavy atom. The zero-order valence-corrected chi connectivity index (χ0v) is 11.0. The lowest BCUT2D eigenvalue weighted by atomic mass is 10.0. The largest absolute Gasteiger partial charge is 0.481 e. The van der Waals surface area contributed by atoms with E-state index < -0.39 is 11.9 Å². The second kappa shape index (κ2) is 4.81. The number of carboxylic acids is 1. The number of carboxylic acid groups (broad SMARTS) is 1. The Bertz CT molecular complexity index is 763. The van der Waals surface area contributed by atoms with E-state index in [4.69, 9.17) is 5.11 Å². The van der Waals surface area contributed by atoms with Gasteiger partial charge in [-0.15, -0.1) is 0 Å². The molecule has 0 fully saturated rings. The molecule has 0 radical (unpaired) electrons. The lowest BCUT2D eigenvalue weighted by molar-refractivity contribution is -0.138. The van der Waals surface area contributed by atoms with E-state index in [1.807, 2.05) is 48.5 Å². The third-order valence-electron chi connectivity index (χ3n) is 3.42. The van der Waals surface area contributed by atoms with Crippen LogP contribution in [-0.2, 0) is 4.79 Å². The van der Waals surface area contributed by atoms with E-state index in [0.717, 1.165) is 28.0 Å². The maximum Gasteiger partial charge on any atom is 0.310 e. The van der Waals surface area contributed by atoms with E-state index in [0.29, 0.717) is 0 Å². The van der Waals surface area contributed by atoms with Crippen LogP contribution in [0.4, 0.5) is 0 Å². The van der Waals surface area contributed by atoms with Crippen LogP contribution in [0.1, 0.15) is 18.4 Å². The summed E-state index contributed by atoms with van der Waals surface area (Å²) >= 11 is 0. The van der Waals surface area contributed by atoms with Crippen LogP contribution in [0.3, 0.4) is 0 Å². The second-order valence-corrected chi connectivity index (χ2v) is 4.79. The van der Waals surface area contributed by atoms with Gasteiger partial charge in [0.15, 0.2) is 0 Å². The fourth-order valence-corrected chi connectivity index (χ4v) is 2.17. The number of fused-ring (bicyclic) bond motifs is 1. The van der Waals surface area contributed by atoms with Gasteiger partial charge in [-0.05, 0) is 24.6 Å². The molecule has 4 nitrogen and oxygen atoms in total. The summed E-state index contributed by atoms with van der Waals surface area (Å²) < 4.78 is 0. The number of hydrogen-bond donors (Lipinski definition) is 2. The molecule has 0 bridgehead atoms. The van der Waals surface area contributed by atoms with Gasteiger partial charge in [0, 0.05) is 5.56 Å². The van der Waals surface area contributed by atoms with Crippen LogP contribution in [0.5, 0.6) is 0 Å². The molecule has 1 atom stereocenters. The summed E-state index contributed by atoms with van der Waals surface area (Å²) in [4.78, 5) is 18.8. The molecule has 0 spiro atoms. The highest BCUT2D eigenvalue weighted by molar-refractivity contribution is 5.83. The van der Waals surface area contributed by atoms with Crippen LogP contribution < -0.4 is 0 Å². The smallest absolute Gasteiger partial charge is 0.310 e. The molecule has 1 unspecified atom stereocenters. The van der Waals surface area contributed by atoms with Crippen molar-refractivity contribution in [1.29, 1.82) is 0 Å². The minimum atomic E-state index is -0.827. The first-order valence-corrected chi connectivity index (χ1v) is 6.43. The Hall–Kier alpha value is -2.62. The SMILES string of the molecule is CC(C(=O)O)c1ccc2nc(-c3ccccc3)[nH]c2c1. The Kier molecular flexibility index (Phi) is 2.99. The molecule has 0 aliphatic rings. The first-order valence-electron chi connectivity index (χ1n) is 6.43. The second-order valence-electron chi connectivity index (χ2n) is 4.79. The summed E-state index contributed by atoms with van der Waals surface area (Å²) in [6.07, 6.45) is 0. The van der Waals surface area contributed by atoms with Gasteiger partial charge in [-0.2, -0.15) is 0 Å². The predicted molar refractivity (Wildman–Crippen MR) is 77.6 cm³/mol. The molecule has 3 rings (SSSR count). The van der Waals surface area contributed by atoms with Gasteiger partial charge < -0.3 is 10.1 Å². The minimum Gasteiger partial charge on any atom is -0.481 e. The molecule has 100 valence electrons. The number of carbonyl (C=O) groups is 1. The number of benzene rings is 2. The minimum absolute atomic E-state index is 0.525. The highest BCUT2D eigenvalue weighted by atomic mass is 16.4. The summed E-state index contributed by atoms with van der Waals surface area (Å²) in [5.41, 5.74) is 3.48. The van der Waals surface area contributed by atoms with Crippen molar-refractivity contribution in [2.24, 2.45) is 0 Å². The summed E-state index contributed by atoms with van der Waals surface area (Å²) in [7, 11) is 0. The molecule has 0 aliphatic carbocycles. The Balaban J connectivity index is 2.06. The molecule has 0 saturated heterocycles. The van der Waals surface area contributed by atoms with Crippen molar-refractivity contribution in [1.82, 2.24) is 9.97 Å². The first kappa shape index (κ1) is 12.4. The van der Waals surface area contributed by atoms with Gasteiger partial charge in [-0.25, -0.2) is 4.98 Å². The molecule has 4 heteroatoms. The topological polar surface area (TPSA) is 66.0 Å². The molecule has 1 aromatic heterocycles. The molecule has 0 aliphatic heterocycles. The van der Waals surface area contributed by atoms with Crippen molar-refractivity contribution in [3.05, 3.63) is 54.1 Å². The van der Waals surface area contributed by atoms with Crippen molar-refractivity contribution in [2.45, 2.75) is 12.8 Å². The number of H-pyrrole nitrogens is 1. The number of imidazole rings is 1. The zero-order chi connectivity index (χ0) is 14.1. The fourth-order valence-electron chi connectivity index (χ4n) is 2.17. The number of nitrogens with one attached hydrogen (secondary N) is 1. The third kappa shape index (κ3) is 2.16. The van der Waals surface area contributed by atoms with Crippen LogP contribution in [0.2, 0.25) is 0 Å². The van der Waals surface area contributed by atoms with Gasteiger partial charge in [0.2, 0.25) is 0 Å². The van der Waals surface area contributed by atoms with E-state index in [1.165, 1.54) is 0 Å². The molecule has 0 saturated carbocycles. The predicted octanol–water partition coefficient (Wildman–Crippen LogP) is 3.42. The van der Waals surface area contributed by atoms with Crippen LogP contribution in [0.25, 0.3) is 22.4 Å². The molecule has 3 aromatic rings. The molecular formula is C16H14N2O2. The molecule has 2 aromatic carbocycles. The van der Waals surface area contributed by atoms with Crippen LogP contribution >= 0.6 is 0 Å². The van der Waals surface area contributed by atoms with Crippen molar-refractivity contribution < 1.29 is 9.90 Å². The van der Waals surface area contributed by atoms with E-state index in [1.54, 1.807) is 6.92 Å². The summed E-state index contributed by atoms with van der Waals surface area (Å²) in [6.45, 7) is 1.68. The van der Waals surface area contributed by atoms with Crippen LogP contribution in [-0.4, -0.2) is 21.0 Å². The molecule has 20 heavy (non-hydrogen) atoms. The molecular weight excluding hydrogens is 252 g/mol. The van der Waals surface area contributed by atoms with Crippen molar-refractivity contribution >= 4 is 17.0 Å². The van der Waals surface area contributed by atoms with Gasteiger partial charge >= 0.3 is 5.97 Å². The van der Waals surface area contributed by atoms with E-state index >= 15 is 0 Å². The Labute approximate surface area is 116 Å². The van der Waals surface area contributed by atoms with Crippen molar-refractivity contribution in [2.75, 3.05) is 0 Å². The molecule has 2 N–H and O–H groups in total. The maximum atomic E-state index is 11.0. The van der Waals surface area contributed by atoms with Crippen molar-refractivity contribution in [3.8, 4) is 11.4 Å². The van der Waals surface area contributed by atoms with Crippen LogP contribution in [0.15, 0.2) is 48.5 Å². The third-order valence-corrected chi connectivity index (χ3v) is 3.42.